The van der Waals surface area contributed by atoms with Gasteiger partial charge in [0.05, 0.1) is 18.3 Å². The molecule has 1 aliphatic heterocycles. The largest absolute Gasteiger partial charge is 0.373 e. The van der Waals surface area contributed by atoms with Crippen molar-refractivity contribution in [2.45, 2.75) is 39.3 Å². The van der Waals surface area contributed by atoms with Gasteiger partial charge in [-0.3, -0.25) is 0 Å². The van der Waals surface area contributed by atoms with Crippen molar-refractivity contribution in [3.05, 3.63) is 17.6 Å². The summed E-state index contributed by atoms with van der Waals surface area (Å²) in [7, 11) is -0.0951. The van der Waals surface area contributed by atoms with Gasteiger partial charge >= 0.3 is 0 Å². The van der Waals surface area contributed by atoms with Crippen molar-refractivity contribution in [3.63, 3.8) is 0 Å². The van der Waals surface area contributed by atoms with Gasteiger partial charge in [0.25, 0.3) is 10.2 Å². The minimum atomic E-state index is -3.48. The van der Waals surface area contributed by atoms with Gasteiger partial charge < -0.3 is 10.6 Å². The molecule has 0 radical (unpaired) electrons. The second-order valence-electron chi connectivity index (χ2n) is 5.85. The van der Waals surface area contributed by atoms with E-state index < -0.39 is 10.2 Å². The van der Waals surface area contributed by atoms with Gasteiger partial charge in [-0.05, 0) is 19.4 Å². The molecule has 0 bridgehead atoms. The van der Waals surface area contributed by atoms with Crippen molar-refractivity contribution in [1.29, 1.82) is 0 Å². The summed E-state index contributed by atoms with van der Waals surface area (Å²) in [6.45, 7) is 5.75. The average molecular weight is 356 g/mol. The van der Waals surface area contributed by atoms with Crippen LogP contribution in [-0.4, -0.2) is 60.7 Å². The third-order valence-electron chi connectivity index (χ3n) is 4.23. The topological polar surface area (TPSA) is 90.5 Å². The molecular formula is C15H28N6O2S. The molecule has 0 saturated carbocycles. The lowest BCUT2D eigenvalue weighted by Crippen LogP contribution is -2.41. The first-order valence-electron chi connectivity index (χ1n) is 8.42. The number of hydrogen-bond acceptors (Lipinski definition) is 6. The Morgan fingerprint density at radius 3 is 2.58 bits per heavy atom. The first-order chi connectivity index (χ1) is 11.4. The molecule has 1 atom stereocenters. The van der Waals surface area contributed by atoms with Crippen LogP contribution in [0.3, 0.4) is 0 Å². The molecule has 8 nitrogen and oxygen atoms in total. The first kappa shape index (κ1) is 19.0. The molecule has 0 amide bonds. The molecule has 1 saturated heterocycles. The van der Waals surface area contributed by atoms with Gasteiger partial charge in [-0.15, -0.1) is 0 Å². The van der Waals surface area contributed by atoms with Crippen molar-refractivity contribution < 1.29 is 8.42 Å². The van der Waals surface area contributed by atoms with E-state index in [0.29, 0.717) is 24.6 Å². The van der Waals surface area contributed by atoms with Gasteiger partial charge in [0.2, 0.25) is 0 Å². The zero-order valence-electron chi connectivity index (χ0n) is 14.9. The van der Waals surface area contributed by atoms with E-state index in [-0.39, 0.29) is 12.6 Å². The Balaban J connectivity index is 2.23. The Kier molecular flexibility index (Phi) is 6.50. The van der Waals surface area contributed by atoms with E-state index in [4.69, 9.17) is 0 Å². The molecule has 1 unspecified atom stereocenters. The summed E-state index contributed by atoms with van der Waals surface area (Å²) in [6.07, 6.45) is 2.10. The Labute approximate surface area is 144 Å². The van der Waals surface area contributed by atoms with Gasteiger partial charge in [0.1, 0.15) is 11.6 Å². The van der Waals surface area contributed by atoms with Crippen LogP contribution in [-0.2, 0) is 16.8 Å². The number of hydrogen-bond donors (Lipinski definition) is 2. The lowest BCUT2D eigenvalue weighted by atomic mass is 10.2. The SMILES string of the molecule is CCN(CC)S(=O)(=O)N(C)Cc1cc(NC)nc(C2CCCN2)n1. The Hall–Kier alpha value is -1.29. The van der Waals surface area contributed by atoms with Crippen molar-refractivity contribution in [2.24, 2.45) is 0 Å². The molecule has 1 aromatic rings. The molecule has 0 aromatic carbocycles. The van der Waals surface area contributed by atoms with E-state index in [9.17, 15) is 8.42 Å². The molecule has 1 fully saturated rings. The maximum Gasteiger partial charge on any atom is 0.282 e. The normalized spacial score (nSPS) is 18.5. The Morgan fingerprint density at radius 1 is 1.33 bits per heavy atom. The fraction of sp³-hybridized carbons (Fsp3) is 0.733. The minimum Gasteiger partial charge on any atom is -0.373 e. The summed E-state index contributed by atoms with van der Waals surface area (Å²) in [5.41, 5.74) is 0.691. The highest BCUT2D eigenvalue weighted by Gasteiger charge is 2.26. The van der Waals surface area contributed by atoms with E-state index in [1.165, 1.54) is 8.61 Å². The lowest BCUT2D eigenvalue weighted by Gasteiger charge is -2.25. The molecular weight excluding hydrogens is 328 g/mol. The average Bonchev–Trinajstić information content (AvgIpc) is 3.09. The van der Waals surface area contributed by atoms with E-state index in [1.54, 1.807) is 20.2 Å². The highest BCUT2D eigenvalue weighted by atomic mass is 32.2. The molecule has 24 heavy (non-hydrogen) atoms. The van der Waals surface area contributed by atoms with E-state index in [2.05, 4.69) is 20.6 Å². The summed E-state index contributed by atoms with van der Waals surface area (Å²) in [5.74, 6) is 1.43. The molecule has 2 heterocycles. The van der Waals surface area contributed by atoms with E-state index >= 15 is 0 Å². The highest BCUT2D eigenvalue weighted by Crippen LogP contribution is 2.22. The predicted octanol–water partition coefficient (Wildman–Crippen LogP) is 0.961. The first-order valence-corrected chi connectivity index (χ1v) is 9.82. The monoisotopic (exact) mass is 356 g/mol. The molecule has 1 aromatic heterocycles. The van der Waals surface area contributed by atoms with Crippen LogP contribution in [0.15, 0.2) is 6.07 Å². The molecule has 9 heteroatoms. The summed E-state index contributed by atoms with van der Waals surface area (Å²) < 4.78 is 27.9. The maximum atomic E-state index is 12.6. The van der Waals surface area contributed by atoms with Crippen LogP contribution in [0.4, 0.5) is 5.82 Å². The number of nitrogens with zero attached hydrogens (tertiary/aromatic N) is 4. The van der Waals surface area contributed by atoms with Gasteiger partial charge in [-0.2, -0.15) is 17.0 Å². The molecule has 2 rings (SSSR count). The maximum absolute atomic E-state index is 12.6. The molecule has 1 aliphatic rings. The predicted molar refractivity (Wildman–Crippen MR) is 94.9 cm³/mol. The fourth-order valence-corrected chi connectivity index (χ4v) is 4.19. The second kappa shape index (κ2) is 8.19. The van der Waals surface area contributed by atoms with Crippen molar-refractivity contribution in [3.8, 4) is 0 Å². The van der Waals surface area contributed by atoms with Gasteiger partial charge in [0, 0.05) is 33.3 Å². The zero-order valence-corrected chi connectivity index (χ0v) is 15.7. The summed E-state index contributed by atoms with van der Waals surface area (Å²) in [4.78, 5) is 9.10. The molecule has 0 aliphatic carbocycles. The quantitative estimate of drug-likeness (QED) is 0.721. The van der Waals surface area contributed by atoms with Crippen LogP contribution in [0.2, 0.25) is 0 Å². The van der Waals surface area contributed by atoms with Crippen molar-refractivity contribution in [2.75, 3.05) is 39.0 Å². The molecule has 2 N–H and O–H groups in total. The second-order valence-corrected chi connectivity index (χ2v) is 7.89. The van der Waals surface area contributed by atoms with Crippen molar-refractivity contribution >= 4 is 16.0 Å². The fourth-order valence-electron chi connectivity index (χ4n) is 2.84. The van der Waals surface area contributed by atoms with Crippen LogP contribution >= 0.6 is 0 Å². The Morgan fingerprint density at radius 2 is 2.04 bits per heavy atom. The summed E-state index contributed by atoms with van der Waals surface area (Å²) in [5, 5.41) is 6.41. The summed E-state index contributed by atoms with van der Waals surface area (Å²) >= 11 is 0. The highest BCUT2D eigenvalue weighted by molar-refractivity contribution is 7.86. The van der Waals surface area contributed by atoms with Crippen LogP contribution in [0.1, 0.15) is 44.2 Å². The lowest BCUT2D eigenvalue weighted by molar-refractivity contribution is 0.372. The van der Waals surface area contributed by atoms with Crippen LogP contribution in [0, 0.1) is 0 Å². The van der Waals surface area contributed by atoms with Gasteiger partial charge in [-0.1, -0.05) is 13.8 Å². The van der Waals surface area contributed by atoms with Crippen LogP contribution in [0.25, 0.3) is 0 Å². The van der Waals surface area contributed by atoms with E-state index in [0.717, 1.165) is 25.2 Å². The van der Waals surface area contributed by atoms with E-state index in [1.807, 2.05) is 13.8 Å². The third-order valence-corrected chi connectivity index (χ3v) is 6.32. The summed E-state index contributed by atoms with van der Waals surface area (Å²) in [6, 6.07) is 1.94. The standard InChI is InChI=1S/C15H28N6O2S/c1-5-21(6-2)24(22,23)20(4)11-12-10-14(16-3)19-15(18-12)13-8-7-9-17-13/h10,13,17H,5-9,11H2,1-4H3,(H,16,18,19). The number of aromatic nitrogens is 2. The van der Waals surface area contributed by atoms with Crippen molar-refractivity contribution in [1.82, 2.24) is 23.9 Å². The third kappa shape index (κ3) is 4.21. The molecule has 0 spiro atoms. The van der Waals surface area contributed by atoms with Crippen LogP contribution in [0.5, 0.6) is 0 Å². The molecule has 136 valence electrons. The van der Waals surface area contributed by atoms with Crippen LogP contribution < -0.4 is 10.6 Å². The zero-order chi connectivity index (χ0) is 17.7. The van der Waals surface area contributed by atoms with Gasteiger partial charge in [-0.25, -0.2) is 9.97 Å². The van der Waals surface area contributed by atoms with Gasteiger partial charge in [0.15, 0.2) is 0 Å². The minimum absolute atomic E-state index is 0.141. The number of nitrogens with one attached hydrogen (secondary N) is 2. The smallest absolute Gasteiger partial charge is 0.282 e. The Bertz CT molecular complexity index is 641. The number of rotatable bonds is 8. The number of anilines is 1.